The lowest BCUT2D eigenvalue weighted by Gasteiger charge is -2.22. The molecule has 0 unspecified atom stereocenters. The number of carbonyl (C=O) groups excluding carboxylic acids is 1. The minimum Gasteiger partial charge on any atom is -0.337 e. The van der Waals surface area contributed by atoms with Gasteiger partial charge in [0.1, 0.15) is 0 Å². The number of nitrogens with zero attached hydrogens (tertiary/aromatic N) is 4. The van der Waals surface area contributed by atoms with Crippen molar-refractivity contribution in [3.05, 3.63) is 53.9 Å². The van der Waals surface area contributed by atoms with E-state index in [0.29, 0.717) is 0 Å². The van der Waals surface area contributed by atoms with E-state index in [1.54, 1.807) is 6.20 Å². The molecular weight excluding hydrogens is 312 g/mol. The molecule has 0 bridgehead atoms. The van der Waals surface area contributed by atoms with E-state index in [2.05, 4.69) is 10.00 Å². The highest BCUT2D eigenvalue weighted by molar-refractivity contribution is 5.94. The number of amides is 1. The van der Waals surface area contributed by atoms with Gasteiger partial charge in [-0.1, -0.05) is 12.1 Å². The van der Waals surface area contributed by atoms with Gasteiger partial charge in [0.05, 0.1) is 6.54 Å². The maximum atomic E-state index is 12.8. The molecule has 5 heteroatoms. The molecule has 4 rings (SSSR count). The molecular formula is C20H26N4O. The minimum absolute atomic E-state index is 0.166. The second-order valence-corrected chi connectivity index (χ2v) is 7.29. The molecule has 1 saturated carbocycles. The summed E-state index contributed by atoms with van der Waals surface area (Å²) in [7, 11) is 0. The smallest absolute Gasteiger partial charge is 0.253 e. The first kappa shape index (κ1) is 16.3. The Hall–Kier alpha value is -2.14. The van der Waals surface area contributed by atoms with Gasteiger partial charge in [0.2, 0.25) is 0 Å². The van der Waals surface area contributed by atoms with Gasteiger partial charge in [-0.2, -0.15) is 5.10 Å². The van der Waals surface area contributed by atoms with Crippen molar-refractivity contribution in [1.82, 2.24) is 19.6 Å². The molecule has 1 aliphatic heterocycles. The molecule has 2 heterocycles. The summed E-state index contributed by atoms with van der Waals surface area (Å²) < 4.78 is 1.89. The average molecular weight is 338 g/mol. The van der Waals surface area contributed by atoms with Gasteiger partial charge >= 0.3 is 0 Å². The molecule has 1 saturated heterocycles. The van der Waals surface area contributed by atoms with Crippen LogP contribution in [0.2, 0.25) is 0 Å². The Bertz CT molecular complexity index is 691. The monoisotopic (exact) mass is 338 g/mol. The lowest BCUT2D eigenvalue weighted by Crippen LogP contribution is -2.35. The molecule has 132 valence electrons. The van der Waals surface area contributed by atoms with Gasteiger partial charge in [0, 0.05) is 44.1 Å². The highest BCUT2D eigenvalue weighted by atomic mass is 16.2. The zero-order valence-electron chi connectivity index (χ0n) is 14.7. The number of benzene rings is 1. The molecule has 1 aromatic carbocycles. The van der Waals surface area contributed by atoms with Crippen LogP contribution in [0, 0.1) is 5.92 Å². The van der Waals surface area contributed by atoms with Gasteiger partial charge in [-0.25, -0.2) is 0 Å². The molecule has 0 spiro atoms. The third kappa shape index (κ3) is 4.28. The van der Waals surface area contributed by atoms with Crippen molar-refractivity contribution < 1.29 is 4.79 Å². The third-order valence-corrected chi connectivity index (χ3v) is 5.19. The summed E-state index contributed by atoms with van der Waals surface area (Å²) >= 11 is 0. The Morgan fingerprint density at radius 3 is 2.64 bits per heavy atom. The minimum atomic E-state index is 0.166. The van der Waals surface area contributed by atoms with Crippen molar-refractivity contribution in [2.75, 3.05) is 32.7 Å². The summed E-state index contributed by atoms with van der Waals surface area (Å²) in [5.74, 6) is 1.09. The molecule has 5 nitrogen and oxygen atoms in total. The van der Waals surface area contributed by atoms with Crippen LogP contribution in [0.1, 0.15) is 35.2 Å². The molecule has 1 amide bonds. The SMILES string of the molecule is O=C(c1ccc(Cn2cccn2)cc1)N1CCCN(CC2CC2)CC1. The average Bonchev–Trinajstić information content (AvgIpc) is 3.36. The van der Waals surface area contributed by atoms with Crippen molar-refractivity contribution in [3.8, 4) is 0 Å². The van der Waals surface area contributed by atoms with E-state index >= 15 is 0 Å². The third-order valence-electron chi connectivity index (χ3n) is 5.19. The van der Waals surface area contributed by atoms with Crippen LogP contribution >= 0.6 is 0 Å². The molecule has 1 aromatic heterocycles. The topological polar surface area (TPSA) is 41.4 Å². The Morgan fingerprint density at radius 1 is 1.08 bits per heavy atom. The summed E-state index contributed by atoms with van der Waals surface area (Å²) in [6.07, 6.45) is 7.59. The first-order valence-corrected chi connectivity index (χ1v) is 9.36. The van der Waals surface area contributed by atoms with E-state index in [1.807, 2.05) is 46.1 Å². The predicted octanol–water partition coefficient (Wildman–Crippen LogP) is 2.49. The van der Waals surface area contributed by atoms with Crippen LogP contribution in [0.3, 0.4) is 0 Å². The van der Waals surface area contributed by atoms with Gasteiger partial charge < -0.3 is 9.80 Å². The van der Waals surface area contributed by atoms with Gasteiger partial charge in [0.25, 0.3) is 5.91 Å². The van der Waals surface area contributed by atoms with Crippen molar-refractivity contribution in [1.29, 1.82) is 0 Å². The van der Waals surface area contributed by atoms with Crippen molar-refractivity contribution in [3.63, 3.8) is 0 Å². The van der Waals surface area contributed by atoms with Crippen molar-refractivity contribution in [2.24, 2.45) is 5.92 Å². The van der Waals surface area contributed by atoms with Crippen LogP contribution in [0.25, 0.3) is 0 Å². The fourth-order valence-electron chi connectivity index (χ4n) is 3.54. The maximum Gasteiger partial charge on any atom is 0.253 e. The molecule has 1 aliphatic carbocycles. The second-order valence-electron chi connectivity index (χ2n) is 7.29. The largest absolute Gasteiger partial charge is 0.337 e. The number of aromatic nitrogens is 2. The summed E-state index contributed by atoms with van der Waals surface area (Å²) in [4.78, 5) is 17.4. The van der Waals surface area contributed by atoms with Gasteiger partial charge in [-0.15, -0.1) is 0 Å². The quantitative estimate of drug-likeness (QED) is 0.841. The Kier molecular flexibility index (Phi) is 4.83. The summed E-state index contributed by atoms with van der Waals surface area (Å²) in [6.45, 7) is 5.82. The van der Waals surface area contributed by atoms with Crippen LogP contribution in [0.4, 0.5) is 0 Å². The first-order valence-electron chi connectivity index (χ1n) is 9.36. The number of hydrogen-bond acceptors (Lipinski definition) is 3. The Morgan fingerprint density at radius 2 is 1.92 bits per heavy atom. The zero-order chi connectivity index (χ0) is 17.1. The predicted molar refractivity (Wildman–Crippen MR) is 97.5 cm³/mol. The normalized spacial score (nSPS) is 19.0. The van der Waals surface area contributed by atoms with Crippen LogP contribution < -0.4 is 0 Å². The Labute approximate surface area is 149 Å². The van der Waals surface area contributed by atoms with E-state index in [-0.39, 0.29) is 5.91 Å². The lowest BCUT2D eigenvalue weighted by molar-refractivity contribution is 0.0761. The van der Waals surface area contributed by atoms with Crippen LogP contribution in [-0.4, -0.2) is 58.2 Å². The van der Waals surface area contributed by atoms with E-state index in [9.17, 15) is 4.79 Å². The van der Waals surface area contributed by atoms with Gasteiger partial charge in [0.15, 0.2) is 0 Å². The zero-order valence-corrected chi connectivity index (χ0v) is 14.7. The highest BCUT2D eigenvalue weighted by Crippen LogP contribution is 2.30. The number of hydrogen-bond donors (Lipinski definition) is 0. The first-order chi connectivity index (χ1) is 12.3. The fraction of sp³-hybridized carbons (Fsp3) is 0.500. The van der Waals surface area contributed by atoms with Crippen LogP contribution in [0.15, 0.2) is 42.7 Å². The lowest BCUT2D eigenvalue weighted by atomic mass is 10.1. The van der Waals surface area contributed by atoms with E-state index in [1.165, 1.54) is 19.4 Å². The number of carbonyl (C=O) groups is 1. The highest BCUT2D eigenvalue weighted by Gasteiger charge is 2.26. The summed E-state index contributed by atoms with van der Waals surface area (Å²) in [6, 6.07) is 9.89. The Balaban J connectivity index is 1.35. The molecule has 0 atom stereocenters. The fourth-order valence-corrected chi connectivity index (χ4v) is 3.54. The number of rotatable bonds is 5. The van der Waals surface area contributed by atoms with Crippen LogP contribution in [0.5, 0.6) is 0 Å². The van der Waals surface area contributed by atoms with Gasteiger partial charge in [-0.3, -0.25) is 9.48 Å². The second kappa shape index (κ2) is 7.40. The molecule has 2 aliphatic rings. The van der Waals surface area contributed by atoms with Crippen molar-refractivity contribution in [2.45, 2.75) is 25.8 Å². The molecule has 0 radical (unpaired) electrons. The van der Waals surface area contributed by atoms with E-state index in [0.717, 1.165) is 56.2 Å². The molecule has 2 aromatic rings. The van der Waals surface area contributed by atoms with E-state index < -0.39 is 0 Å². The standard InChI is InChI=1S/C20H26N4O/c25-20(23-11-2-10-22(13-14-23)15-17-3-4-17)19-7-5-18(6-8-19)16-24-12-1-9-21-24/h1,5-9,12,17H,2-4,10-11,13-16H2. The molecule has 25 heavy (non-hydrogen) atoms. The van der Waals surface area contributed by atoms with Crippen molar-refractivity contribution >= 4 is 5.91 Å². The maximum absolute atomic E-state index is 12.8. The molecule has 0 N–H and O–H groups in total. The van der Waals surface area contributed by atoms with Crippen LogP contribution in [-0.2, 0) is 6.54 Å². The van der Waals surface area contributed by atoms with E-state index in [4.69, 9.17) is 0 Å². The summed E-state index contributed by atoms with van der Waals surface area (Å²) in [5.41, 5.74) is 1.95. The molecule has 2 fully saturated rings. The van der Waals surface area contributed by atoms with Gasteiger partial charge in [-0.05, 0) is 55.5 Å². The summed E-state index contributed by atoms with van der Waals surface area (Å²) in [5, 5.41) is 4.22.